The zero-order valence-electron chi connectivity index (χ0n) is 17.3. The molecule has 2 heterocycles. The van der Waals surface area contributed by atoms with E-state index in [0.29, 0.717) is 30.0 Å². The normalized spacial score (nSPS) is 23.4. The summed E-state index contributed by atoms with van der Waals surface area (Å²) in [6, 6.07) is 5.98. The molecule has 0 spiro atoms. The summed E-state index contributed by atoms with van der Waals surface area (Å²) in [7, 11) is 0. The highest BCUT2D eigenvalue weighted by molar-refractivity contribution is 5.95. The molecule has 1 saturated heterocycles. The number of nitrogens with one attached hydrogen (secondary N) is 2. The van der Waals surface area contributed by atoms with Gasteiger partial charge in [0.1, 0.15) is 0 Å². The van der Waals surface area contributed by atoms with Crippen LogP contribution in [-0.2, 0) is 4.79 Å². The summed E-state index contributed by atoms with van der Waals surface area (Å²) in [4.78, 5) is 27.4. The fourth-order valence-electron chi connectivity index (χ4n) is 4.30. The molecule has 4 rings (SSSR count). The number of hydrogen-bond donors (Lipinski definition) is 2. The molecule has 0 aromatic heterocycles. The predicted molar refractivity (Wildman–Crippen MR) is 109 cm³/mol. The van der Waals surface area contributed by atoms with Gasteiger partial charge in [-0.15, -0.1) is 0 Å². The van der Waals surface area contributed by atoms with Crippen LogP contribution in [0.2, 0.25) is 0 Å². The highest BCUT2D eigenvalue weighted by Crippen LogP contribution is 2.35. The highest BCUT2D eigenvalue weighted by Gasteiger charge is 2.38. The van der Waals surface area contributed by atoms with Gasteiger partial charge in [0, 0.05) is 43.2 Å². The van der Waals surface area contributed by atoms with Crippen LogP contribution >= 0.6 is 0 Å². The first-order valence-electron chi connectivity index (χ1n) is 10.7. The minimum absolute atomic E-state index is 0.101. The second kappa shape index (κ2) is 8.61. The Kier molecular flexibility index (Phi) is 5.94. The van der Waals surface area contributed by atoms with Crippen LogP contribution in [0.5, 0.6) is 11.5 Å². The number of fused-ring (bicyclic) bond motifs is 1. The number of nitrogens with zero attached hydrogens (tertiary/aromatic N) is 1. The van der Waals surface area contributed by atoms with Gasteiger partial charge in [-0.3, -0.25) is 14.5 Å². The lowest BCUT2D eigenvalue weighted by Crippen LogP contribution is -2.46. The van der Waals surface area contributed by atoms with Crippen molar-refractivity contribution >= 4 is 11.8 Å². The van der Waals surface area contributed by atoms with Gasteiger partial charge in [-0.1, -0.05) is 0 Å². The Morgan fingerprint density at radius 3 is 2.62 bits per heavy atom. The molecule has 1 aromatic carbocycles. The van der Waals surface area contributed by atoms with Gasteiger partial charge in [-0.05, 0) is 63.6 Å². The number of carbonyl (C=O) groups excluding carboxylic acids is 2. The van der Waals surface area contributed by atoms with Gasteiger partial charge < -0.3 is 20.1 Å². The van der Waals surface area contributed by atoms with Crippen molar-refractivity contribution in [2.45, 2.75) is 64.1 Å². The van der Waals surface area contributed by atoms with E-state index in [4.69, 9.17) is 9.47 Å². The standard InChI is InChI=1S/C22H31N3O4/c1-14(2)24-21(26)10-17-6-7-18(25(17)12-15-3-4-15)11-23-22(27)16-5-8-19-20(9-16)29-13-28-19/h5,8-9,14-15,17-18H,3-4,6-7,10-13H2,1-2H3,(H,23,27)(H,24,26)/t17-,18+/m1/s1. The minimum atomic E-state index is -0.101. The summed E-state index contributed by atoms with van der Waals surface area (Å²) in [5.74, 6) is 2.06. The third kappa shape index (κ3) is 5.01. The molecule has 0 bridgehead atoms. The third-order valence-electron chi connectivity index (χ3n) is 5.94. The first-order chi connectivity index (χ1) is 14.0. The molecule has 158 valence electrons. The Bertz CT molecular complexity index is 762. The van der Waals surface area contributed by atoms with Crippen molar-refractivity contribution in [1.82, 2.24) is 15.5 Å². The molecular formula is C22H31N3O4. The maximum Gasteiger partial charge on any atom is 0.251 e. The SMILES string of the molecule is CC(C)NC(=O)C[C@H]1CC[C@@H](CNC(=O)c2ccc3c(c2)OCO3)N1CC1CC1. The predicted octanol–water partition coefficient (Wildman–Crippen LogP) is 2.30. The maximum atomic E-state index is 12.6. The number of hydrogen-bond acceptors (Lipinski definition) is 5. The summed E-state index contributed by atoms with van der Waals surface area (Å²) in [5.41, 5.74) is 0.578. The van der Waals surface area contributed by atoms with E-state index >= 15 is 0 Å². The molecule has 1 aromatic rings. The molecule has 2 amide bonds. The second-order valence-corrected chi connectivity index (χ2v) is 8.73. The average Bonchev–Trinajstić information content (AvgIpc) is 3.24. The molecule has 1 saturated carbocycles. The number of amides is 2. The van der Waals surface area contributed by atoms with Gasteiger partial charge in [0.2, 0.25) is 12.7 Å². The molecule has 2 N–H and O–H groups in total. The number of carbonyl (C=O) groups is 2. The van der Waals surface area contributed by atoms with Gasteiger partial charge in [0.25, 0.3) is 5.91 Å². The van der Waals surface area contributed by atoms with Gasteiger partial charge in [0.05, 0.1) is 0 Å². The molecule has 1 aliphatic carbocycles. The van der Waals surface area contributed by atoms with Crippen LogP contribution in [0.25, 0.3) is 0 Å². The summed E-state index contributed by atoms with van der Waals surface area (Å²) >= 11 is 0. The van der Waals surface area contributed by atoms with E-state index in [1.165, 1.54) is 12.8 Å². The second-order valence-electron chi connectivity index (χ2n) is 8.73. The molecule has 7 heteroatoms. The van der Waals surface area contributed by atoms with Crippen molar-refractivity contribution < 1.29 is 19.1 Å². The van der Waals surface area contributed by atoms with E-state index in [1.807, 2.05) is 13.8 Å². The van der Waals surface area contributed by atoms with Gasteiger partial charge >= 0.3 is 0 Å². The topological polar surface area (TPSA) is 79.9 Å². The van der Waals surface area contributed by atoms with Crippen LogP contribution in [0, 0.1) is 5.92 Å². The molecule has 29 heavy (non-hydrogen) atoms. The van der Waals surface area contributed by atoms with Crippen LogP contribution in [0.1, 0.15) is 56.3 Å². The van der Waals surface area contributed by atoms with Crippen molar-refractivity contribution in [3.05, 3.63) is 23.8 Å². The molecule has 2 aliphatic heterocycles. The minimum Gasteiger partial charge on any atom is -0.454 e. The molecule has 2 atom stereocenters. The quantitative estimate of drug-likeness (QED) is 0.699. The third-order valence-corrected chi connectivity index (χ3v) is 5.94. The van der Waals surface area contributed by atoms with E-state index in [-0.39, 0.29) is 36.7 Å². The fourth-order valence-corrected chi connectivity index (χ4v) is 4.30. The van der Waals surface area contributed by atoms with Crippen molar-refractivity contribution in [3.63, 3.8) is 0 Å². The molecule has 0 unspecified atom stereocenters. The Balaban J connectivity index is 1.34. The van der Waals surface area contributed by atoms with Crippen LogP contribution in [0.4, 0.5) is 0 Å². The molecule has 0 radical (unpaired) electrons. The summed E-state index contributed by atoms with van der Waals surface area (Å²) in [6.45, 7) is 5.81. The Hall–Kier alpha value is -2.28. The Morgan fingerprint density at radius 1 is 1.10 bits per heavy atom. The van der Waals surface area contributed by atoms with Crippen molar-refractivity contribution in [3.8, 4) is 11.5 Å². The van der Waals surface area contributed by atoms with Crippen LogP contribution in [-0.4, -0.2) is 54.7 Å². The maximum absolute atomic E-state index is 12.6. The van der Waals surface area contributed by atoms with E-state index in [0.717, 1.165) is 25.3 Å². The lowest BCUT2D eigenvalue weighted by Gasteiger charge is -2.30. The first-order valence-corrected chi connectivity index (χ1v) is 10.7. The highest BCUT2D eigenvalue weighted by atomic mass is 16.7. The largest absolute Gasteiger partial charge is 0.454 e. The smallest absolute Gasteiger partial charge is 0.251 e. The van der Waals surface area contributed by atoms with E-state index in [2.05, 4.69) is 15.5 Å². The first kappa shape index (κ1) is 20.0. The van der Waals surface area contributed by atoms with E-state index in [1.54, 1.807) is 18.2 Å². The lowest BCUT2D eigenvalue weighted by molar-refractivity contribution is -0.122. The van der Waals surface area contributed by atoms with Gasteiger partial charge in [-0.25, -0.2) is 0 Å². The van der Waals surface area contributed by atoms with Crippen LogP contribution in [0.15, 0.2) is 18.2 Å². The summed E-state index contributed by atoms with van der Waals surface area (Å²) in [5, 5.41) is 6.09. The van der Waals surface area contributed by atoms with Gasteiger partial charge in [0.15, 0.2) is 11.5 Å². The van der Waals surface area contributed by atoms with Crippen molar-refractivity contribution in [2.75, 3.05) is 19.9 Å². The zero-order valence-corrected chi connectivity index (χ0v) is 17.3. The van der Waals surface area contributed by atoms with Crippen molar-refractivity contribution in [2.24, 2.45) is 5.92 Å². The van der Waals surface area contributed by atoms with E-state index in [9.17, 15) is 9.59 Å². The number of likely N-dealkylation sites (tertiary alicyclic amines) is 1. The Labute approximate surface area is 172 Å². The molecule has 2 fully saturated rings. The Morgan fingerprint density at radius 2 is 1.86 bits per heavy atom. The van der Waals surface area contributed by atoms with Crippen molar-refractivity contribution in [1.29, 1.82) is 0 Å². The average molecular weight is 402 g/mol. The number of ether oxygens (including phenoxy) is 2. The van der Waals surface area contributed by atoms with Crippen LogP contribution in [0.3, 0.4) is 0 Å². The molecule has 3 aliphatic rings. The zero-order chi connectivity index (χ0) is 20.4. The lowest BCUT2D eigenvalue weighted by atomic mass is 10.1. The number of benzene rings is 1. The monoisotopic (exact) mass is 401 g/mol. The molecular weight excluding hydrogens is 370 g/mol. The van der Waals surface area contributed by atoms with E-state index < -0.39 is 0 Å². The fraction of sp³-hybridized carbons (Fsp3) is 0.636. The summed E-state index contributed by atoms with van der Waals surface area (Å²) in [6.07, 6.45) is 5.10. The van der Waals surface area contributed by atoms with Crippen LogP contribution < -0.4 is 20.1 Å². The molecule has 7 nitrogen and oxygen atoms in total. The summed E-state index contributed by atoms with van der Waals surface area (Å²) < 4.78 is 10.7. The van der Waals surface area contributed by atoms with Gasteiger partial charge in [-0.2, -0.15) is 0 Å². The number of rotatable bonds is 8.